The molecule has 3 unspecified atom stereocenters. The van der Waals surface area contributed by atoms with E-state index < -0.39 is 10.0 Å². The molecule has 0 aromatic heterocycles. The van der Waals surface area contributed by atoms with Crippen molar-refractivity contribution in [1.82, 2.24) is 4.31 Å². The molecule has 1 amide bonds. The van der Waals surface area contributed by atoms with Crippen molar-refractivity contribution in [2.24, 2.45) is 0 Å². The Hall–Kier alpha value is -2.22. The van der Waals surface area contributed by atoms with Gasteiger partial charge in [0.1, 0.15) is 0 Å². The average molecular weight is 417 g/mol. The van der Waals surface area contributed by atoms with Gasteiger partial charge in [0.25, 0.3) is 0 Å². The van der Waals surface area contributed by atoms with Gasteiger partial charge in [0.2, 0.25) is 15.9 Å². The molecular weight excluding hydrogens is 388 g/mol. The highest BCUT2D eigenvalue weighted by Crippen LogP contribution is 2.24. The highest BCUT2D eigenvalue weighted by atomic mass is 32.2. The maximum atomic E-state index is 12.9. The van der Waals surface area contributed by atoms with Crippen LogP contribution < -0.4 is 5.32 Å². The molecule has 2 aromatic rings. The zero-order valence-electron chi connectivity index (χ0n) is 17.0. The van der Waals surface area contributed by atoms with Gasteiger partial charge < -0.3 is 10.1 Å². The van der Waals surface area contributed by atoms with E-state index in [1.807, 2.05) is 51.1 Å². The van der Waals surface area contributed by atoms with Gasteiger partial charge in [-0.25, -0.2) is 8.42 Å². The summed E-state index contributed by atoms with van der Waals surface area (Å²) >= 11 is 0. The third-order valence-corrected chi connectivity index (χ3v) is 6.92. The average Bonchev–Trinajstić information content (AvgIpc) is 2.69. The van der Waals surface area contributed by atoms with E-state index in [2.05, 4.69) is 5.32 Å². The zero-order chi connectivity index (χ0) is 21.0. The summed E-state index contributed by atoms with van der Waals surface area (Å²) in [6.45, 7) is 6.37. The van der Waals surface area contributed by atoms with Crippen molar-refractivity contribution >= 4 is 21.6 Å². The van der Waals surface area contributed by atoms with Gasteiger partial charge in [-0.1, -0.05) is 37.3 Å². The van der Waals surface area contributed by atoms with E-state index in [0.29, 0.717) is 25.2 Å². The minimum atomic E-state index is -3.60. The summed E-state index contributed by atoms with van der Waals surface area (Å²) in [6.07, 6.45) is 0.391. The lowest BCUT2D eigenvalue weighted by molar-refractivity contribution is -0.117. The molecule has 1 aliphatic heterocycles. The van der Waals surface area contributed by atoms with E-state index in [9.17, 15) is 13.2 Å². The van der Waals surface area contributed by atoms with Gasteiger partial charge in [0, 0.05) is 18.8 Å². The first-order valence-electron chi connectivity index (χ1n) is 9.92. The standard InChI is InChI=1S/C22H28N2O4S/c1-4-21(18-8-6-5-7-9-18)22(25)23-19-10-12-20(13-11-19)29(26,27)24-14-16(2)28-17(3)15-24/h5-13,16-17,21H,4,14-15H2,1-3H3,(H,23,25). The number of amides is 1. The number of ether oxygens (including phenoxy) is 1. The van der Waals surface area contributed by atoms with Gasteiger partial charge in [0.05, 0.1) is 23.0 Å². The van der Waals surface area contributed by atoms with E-state index in [0.717, 1.165) is 5.56 Å². The number of nitrogens with one attached hydrogen (secondary N) is 1. The molecule has 0 aliphatic carbocycles. The summed E-state index contributed by atoms with van der Waals surface area (Å²) < 4.78 is 33.0. The number of carbonyl (C=O) groups is 1. The lowest BCUT2D eigenvalue weighted by atomic mass is 9.95. The van der Waals surface area contributed by atoms with Crippen molar-refractivity contribution in [3.8, 4) is 0 Å². The molecular formula is C22H28N2O4S. The third-order valence-electron chi connectivity index (χ3n) is 5.07. The molecule has 1 fully saturated rings. The Morgan fingerprint density at radius 3 is 2.21 bits per heavy atom. The summed E-state index contributed by atoms with van der Waals surface area (Å²) in [7, 11) is -3.60. The topological polar surface area (TPSA) is 75.7 Å². The maximum Gasteiger partial charge on any atom is 0.243 e. The van der Waals surface area contributed by atoms with Crippen LogP contribution in [0.5, 0.6) is 0 Å². The first kappa shape index (κ1) is 21.5. The lowest BCUT2D eigenvalue weighted by Crippen LogP contribution is -2.48. The monoisotopic (exact) mass is 416 g/mol. The summed E-state index contributed by atoms with van der Waals surface area (Å²) in [5.41, 5.74) is 1.54. The van der Waals surface area contributed by atoms with Crippen LogP contribution in [0.25, 0.3) is 0 Å². The van der Waals surface area contributed by atoms with Crippen LogP contribution >= 0.6 is 0 Å². The quantitative estimate of drug-likeness (QED) is 0.780. The second kappa shape index (κ2) is 9.07. The van der Waals surface area contributed by atoms with Gasteiger partial charge in [-0.2, -0.15) is 4.31 Å². The van der Waals surface area contributed by atoms with Gasteiger partial charge in [-0.15, -0.1) is 0 Å². The Kier molecular flexibility index (Phi) is 6.72. The van der Waals surface area contributed by atoms with Crippen LogP contribution in [0.15, 0.2) is 59.5 Å². The van der Waals surface area contributed by atoms with Crippen LogP contribution in [0.2, 0.25) is 0 Å². The minimum Gasteiger partial charge on any atom is -0.373 e. The predicted molar refractivity (Wildman–Crippen MR) is 113 cm³/mol. The summed E-state index contributed by atoms with van der Waals surface area (Å²) in [4.78, 5) is 12.9. The maximum absolute atomic E-state index is 12.9. The number of anilines is 1. The van der Waals surface area contributed by atoms with E-state index in [4.69, 9.17) is 4.74 Å². The summed E-state index contributed by atoms with van der Waals surface area (Å²) in [6, 6.07) is 16.0. The number of carbonyl (C=O) groups excluding carboxylic acids is 1. The van der Waals surface area contributed by atoms with Crippen molar-refractivity contribution < 1.29 is 17.9 Å². The highest BCUT2D eigenvalue weighted by molar-refractivity contribution is 7.89. The normalized spacial score (nSPS) is 21.5. The fraction of sp³-hybridized carbons (Fsp3) is 0.409. The van der Waals surface area contributed by atoms with Crippen LogP contribution in [0.3, 0.4) is 0 Å². The molecule has 1 aliphatic rings. The van der Waals surface area contributed by atoms with E-state index in [-0.39, 0.29) is 28.9 Å². The molecule has 0 bridgehead atoms. The number of hydrogen-bond acceptors (Lipinski definition) is 4. The molecule has 0 spiro atoms. The second-order valence-electron chi connectivity index (χ2n) is 7.46. The lowest BCUT2D eigenvalue weighted by Gasteiger charge is -2.34. The van der Waals surface area contributed by atoms with Gasteiger partial charge >= 0.3 is 0 Å². The predicted octanol–water partition coefficient (Wildman–Crippen LogP) is 3.62. The van der Waals surface area contributed by atoms with Crippen LogP contribution in [0.1, 0.15) is 38.7 Å². The Bertz CT molecular complexity index is 919. The molecule has 2 aromatic carbocycles. The molecule has 1 N–H and O–H groups in total. The highest BCUT2D eigenvalue weighted by Gasteiger charge is 2.32. The smallest absolute Gasteiger partial charge is 0.243 e. The number of hydrogen-bond donors (Lipinski definition) is 1. The number of benzene rings is 2. The molecule has 3 rings (SSSR count). The minimum absolute atomic E-state index is 0.106. The Morgan fingerprint density at radius 1 is 1.07 bits per heavy atom. The number of nitrogens with zero attached hydrogens (tertiary/aromatic N) is 1. The summed E-state index contributed by atoms with van der Waals surface area (Å²) in [5, 5.41) is 2.90. The molecule has 0 radical (unpaired) electrons. The number of sulfonamides is 1. The fourth-order valence-electron chi connectivity index (χ4n) is 3.67. The third kappa shape index (κ3) is 5.04. The van der Waals surface area contributed by atoms with Crippen LogP contribution in [-0.2, 0) is 19.6 Å². The van der Waals surface area contributed by atoms with Crippen molar-refractivity contribution in [2.45, 2.75) is 50.2 Å². The number of morpholine rings is 1. The second-order valence-corrected chi connectivity index (χ2v) is 9.40. The van der Waals surface area contributed by atoms with Crippen LogP contribution in [-0.4, -0.2) is 43.9 Å². The zero-order valence-corrected chi connectivity index (χ0v) is 17.9. The van der Waals surface area contributed by atoms with Crippen LogP contribution in [0.4, 0.5) is 5.69 Å². The van der Waals surface area contributed by atoms with E-state index >= 15 is 0 Å². The van der Waals surface area contributed by atoms with Crippen molar-refractivity contribution in [1.29, 1.82) is 0 Å². The largest absolute Gasteiger partial charge is 0.373 e. The fourth-order valence-corrected chi connectivity index (χ4v) is 5.26. The van der Waals surface area contributed by atoms with E-state index in [1.54, 1.807) is 24.3 Å². The van der Waals surface area contributed by atoms with E-state index in [1.165, 1.54) is 4.31 Å². The van der Waals surface area contributed by atoms with Crippen molar-refractivity contribution in [3.05, 3.63) is 60.2 Å². The Morgan fingerprint density at radius 2 is 1.66 bits per heavy atom. The molecule has 156 valence electrons. The molecule has 3 atom stereocenters. The van der Waals surface area contributed by atoms with Crippen LogP contribution in [0, 0.1) is 0 Å². The molecule has 6 nitrogen and oxygen atoms in total. The van der Waals surface area contributed by atoms with Gasteiger partial charge in [-0.3, -0.25) is 4.79 Å². The Balaban J connectivity index is 1.72. The summed E-state index contributed by atoms with van der Waals surface area (Å²) in [5.74, 6) is -0.360. The van der Waals surface area contributed by atoms with Gasteiger partial charge in [-0.05, 0) is 50.1 Å². The molecule has 1 saturated heterocycles. The SMILES string of the molecule is CCC(C(=O)Nc1ccc(S(=O)(=O)N2CC(C)OC(C)C2)cc1)c1ccccc1. The number of rotatable bonds is 6. The van der Waals surface area contributed by atoms with Crippen molar-refractivity contribution in [2.75, 3.05) is 18.4 Å². The van der Waals surface area contributed by atoms with Gasteiger partial charge in [0.15, 0.2) is 0 Å². The molecule has 0 saturated carbocycles. The molecule has 1 heterocycles. The molecule has 29 heavy (non-hydrogen) atoms. The first-order valence-corrected chi connectivity index (χ1v) is 11.4. The first-order chi connectivity index (χ1) is 13.8. The van der Waals surface area contributed by atoms with Crippen molar-refractivity contribution in [3.63, 3.8) is 0 Å². The molecule has 7 heteroatoms. The Labute approximate surface area is 172 Å².